The summed E-state index contributed by atoms with van der Waals surface area (Å²) in [7, 11) is -0.483. The van der Waals surface area contributed by atoms with Crippen molar-refractivity contribution in [2.24, 2.45) is 0 Å². The predicted molar refractivity (Wildman–Crippen MR) is 230 cm³/mol. The van der Waals surface area contributed by atoms with Gasteiger partial charge in [0, 0.05) is 44.1 Å². The SMILES string of the molecule is COCOc1cc(-c2c(F)c3nc(OC[C@@]45CCCN4C[C@H](F)C5)nc(N4CC5CCC(C4)N5C(=O)OC(C)(C)C)c3c3cncn23)c2c(C#C[Si](C)(C)C)c(F)ccc2c1. The van der Waals surface area contributed by atoms with E-state index in [1.165, 1.54) is 19.5 Å². The van der Waals surface area contributed by atoms with E-state index in [4.69, 9.17) is 28.9 Å². The fraction of sp³-hybridized carbons (Fsp3) is 0.511. The van der Waals surface area contributed by atoms with Gasteiger partial charge in [0.05, 0.1) is 52.3 Å². The summed E-state index contributed by atoms with van der Waals surface area (Å²) >= 11 is 0. The molecule has 61 heavy (non-hydrogen) atoms. The van der Waals surface area contributed by atoms with Crippen LogP contribution < -0.4 is 14.4 Å². The normalized spacial score (nSPS) is 22.9. The van der Waals surface area contributed by atoms with Crippen LogP contribution in [0.4, 0.5) is 23.8 Å². The topological polar surface area (TPSA) is 107 Å². The zero-order chi connectivity index (χ0) is 43.0. The molecular weight excluding hydrogens is 804 g/mol. The largest absolute Gasteiger partial charge is 0.468 e. The lowest BCUT2D eigenvalue weighted by molar-refractivity contribution is 0.0122. The van der Waals surface area contributed by atoms with E-state index in [-0.39, 0.29) is 54.4 Å². The Bertz CT molecular complexity index is 2610. The average Bonchev–Trinajstić information content (AvgIpc) is 3.96. The van der Waals surface area contributed by atoms with Crippen molar-refractivity contribution in [1.29, 1.82) is 0 Å². The molecule has 9 rings (SSSR count). The van der Waals surface area contributed by atoms with Gasteiger partial charge in [0.25, 0.3) is 0 Å². The summed E-state index contributed by atoms with van der Waals surface area (Å²) in [6, 6.07) is 6.02. The molecule has 0 radical (unpaired) electrons. The highest BCUT2D eigenvalue weighted by Crippen LogP contribution is 2.44. The quantitative estimate of drug-likeness (QED) is 0.0863. The minimum atomic E-state index is -1.99. The van der Waals surface area contributed by atoms with Crippen molar-refractivity contribution >= 4 is 47.2 Å². The number of carbonyl (C=O) groups excluding carboxylic acids is 1. The maximum absolute atomic E-state index is 18.2. The molecule has 2 bridgehead atoms. The van der Waals surface area contributed by atoms with Gasteiger partial charge in [-0.05, 0) is 76.6 Å². The van der Waals surface area contributed by atoms with Gasteiger partial charge in [0.15, 0.2) is 12.6 Å². The molecule has 7 heterocycles. The smallest absolute Gasteiger partial charge is 0.410 e. The minimum absolute atomic E-state index is 0.0250. The number of anilines is 1. The van der Waals surface area contributed by atoms with Gasteiger partial charge >= 0.3 is 12.1 Å². The number of halogens is 3. The van der Waals surface area contributed by atoms with E-state index in [1.807, 2.05) is 25.7 Å². The van der Waals surface area contributed by atoms with Crippen LogP contribution in [0.5, 0.6) is 11.8 Å². The van der Waals surface area contributed by atoms with Gasteiger partial charge in [-0.2, -0.15) is 9.97 Å². The molecule has 0 N–H and O–H groups in total. The number of aromatic nitrogens is 4. The van der Waals surface area contributed by atoms with Crippen LogP contribution >= 0.6 is 0 Å². The number of hydrogen-bond acceptors (Lipinski definition) is 10. The van der Waals surface area contributed by atoms with Gasteiger partial charge in [-0.3, -0.25) is 14.2 Å². The number of fused-ring (bicyclic) bond motifs is 7. The summed E-state index contributed by atoms with van der Waals surface area (Å²) in [5.74, 6) is 2.70. The Hall–Kier alpha value is -5.11. The Kier molecular flexibility index (Phi) is 10.4. The van der Waals surface area contributed by atoms with Gasteiger partial charge in [-0.15, -0.1) is 5.54 Å². The number of piperazine rings is 1. The molecule has 2 unspecified atom stereocenters. The van der Waals surface area contributed by atoms with Gasteiger partial charge in [0.2, 0.25) is 0 Å². The molecule has 4 fully saturated rings. The fourth-order valence-electron chi connectivity index (χ4n) is 9.76. The lowest BCUT2D eigenvalue weighted by atomic mass is 9.95. The molecule has 0 aliphatic carbocycles. The van der Waals surface area contributed by atoms with Crippen molar-refractivity contribution in [1.82, 2.24) is 29.2 Å². The first kappa shape index (κ1) is 41.2. The summed E-state index contributed by atoms with van der Waals surface area (Å²) in [6.45, 7) is 13.8. The highest BCUT2D eigenvalue weighted by Gasteiger charge is 2.50. The summed E-state index contributed by atoms with van der Waals surface area (Å²) in [6.07, 6.45) is 5.41. The van der Waals surface area contributed by atoms with E-state index < -0.39 is 37.0 Å². The zero-order valence-electron chi connectivity index (χ0n) is 35.8. The summed E-state index contributed by atoms with van der Waals surface area (Å²) < 4.78 is 74.1. The predicted octanol–water partition coefficient (Wildman–Crippen LogP) is 8.13. The molecular formula is C45H52F3N7O5Si. The summed E-state index contributed by atoms with van der Waals surface area (Å²) in [5, 5.41) is 1.40. The van der Waals surface area contributed by atoms with Crippen LogP contribution in [0.2, 0.25) is 19.6 Å². The van der Waals surface area contributed by atoms with Gasteiger partial charge in [-0.25, -0.2) is 22.9 Å². The number of nitrogens with zero attached hydrogens (tertiary/aromatic N) is 7. The zero-order valence-corrected chi connectivity index (χ0v) is 36.8. The first-order chi connectivity index (χ1) is 29.0. The fourth-order valence-corrected chi connectivity index (χ4v) is 10.3. The third kappa shape index (κ3) is 7.63. The Morgan fingerprint density at radius 3 is 2.52 bits per heavy atom. The van der Waals surface area contributed by atoms with Gasteiger partial charge in [0.1, 0.15) is 49.4 Å². The second-order valence-corrected chi connectivity index (χ2v) is 23.7. The van der Waals surface area contributed by atoms with Crippen molar-refractivity contribution < 1.29 is 36.9 Å². The first-order valence-corrected chi connectivity index (χ1v) is 24.6. The summed E-state index contributed by atoms with van der Waals surface area (Å²) in [4.78, 5) is 33.9. The number of alkyl halides is 1. The van der Waals surface area contributed by atoms with Crippen LogP contribution in [0.15, 0.2) is 36.8 Å². The van der Waals surface area contributed by atoms with Gasteiger partial charge < -0.3 is 23.8 Å². The monoisotopic (exact) mass is 855 g/mol. The van der Waals surface area contributed by atoms with Crippen LogP contribution in [0.3, 0.4) is 0 Å². The number of carbonyl (C=O) groups is 1. The molecule has 1 amide bonds. The lowest BCUT2D eigenvalue weighted by Gasteiger charge is -2.42. The number of imidazole rings is 1. The van der Waals surface area contributed by atoms with Gasteiger partial charge in [-0.1, -0.05) is 31.6 Å². The Morgan fingerprint density at radius 2 is 1.80 bits per heavy atom. The standard InChI is InChI=1S/C45H52F3N7O5Si/c1-44(2,3)60-43(56)55-29-10-11-30(55)23-52(22-29)41-37-35-20-49-25-54(35)40(38(48)39(37)50-42(51-41)58-24-45-14-8-15-53(45)21-28(46)19-45)33-18-31(59-26-57-4)17-27-9-12-34(47)32(36(27)33)13-16-61(5,6)7/h9,12,17-18,20,25,28-30H,8,10-11,14-15,19,21-24,26H2,1-7H3/t28-,29?,30?,45+/m1/s1. The summed E-state index contributed by atoms with van der Waals surface area (Å²) in [5.41, 5.74) is 3.15. The van der Waals surface area contributed by atoms with Crippen molar-refractivity contribution in [3.63, 3.8) is 0 Å². The number of amides is 1. The molecule has 4 aliphatic heterocycles. The second kappa shape index (κ2) is 15.4. The van der Waals surface area contributed by atoms with Crippen LogP contribution in [-0.4, -0.2) is 119 Å². The number of hydrogen-bond donors (Lipinski definition) is 0. The molecule has 2 aromatic carbocycles. The molecule has 0 saturated carbocycles. The number of methoxy groups -OCH3 is 1. The van der Waals surface area contributed by atoms with Crippen molar-refractivity contribution in [2.75, 3.05) is 51.6 Å². The molecule has 16 heteroatoms. The van der Waals surface area contributed by atoms with Crippen LogP contribution in [0.1, 0.15) is 58.4 Å². The Labute approximate surface area is 354 Å². The third-order valence-corrected chi connectivity index (χ3v) is 13.1. The molecule has 5 aromatic rings. The van der Waals surface area contributed by atoms with Crippen molar-refractivity contribution in [3.05, 3.63) is 54.0 Å². The van der Waals surface area contributed by atoms with E-state index in [9.17, 15) is 9.18 Å². The molecule has 0 spiro atoms. The van der Waals surface area contributed by atoms with Crippen LogP contribution in [-0.2, 0) is 9.47 Å². The minimum Gasteiger partial charge on any atom is -0.468 e. The van der Waals surface area contributed by atoms with Crippen molar-refractivity contribution in [3.8, 4) is 34.5 Å². The highest BCUT2D eigenvalue weighted by atomic mass is 28.3. The maximum Gasteiger partial charge on any atom is 0.410 e. The molecule has 12 nitrogen and oxygen atoms in total. The number of ether oxygens (including phenoxy) is 4. The lowest BCUT2D eigenvalue weighted by Crippen LogP contribution is -2.57. The molecule has 3 aromatic heterocycles. The second-order valence-electron chi connectivity index (χ2n) is 18.9. The van der Waals surface area contributed by atoms with E-state index >= 15 is 8.78 Å². The molecule has 322 valence electrons. The van der Waals surface area contributed by atoms with E-state index in [0.717, 1.165) is 32.2 Å². The third-order valence-electron chi connectivity index (χ3n) is 12.2. The van der Waals surface area contributed by atoms with E-state index in [2.05, 4.69) is 45.9 Å². The first-order valence-electron chi connectivity index (χ1n) is 21.1. The highest BCUT2D eigenvalue weighted by molar-refractivity contribution is 6.83. The number of benzene rings is 2. The molecule has 4 atom stereocenters. The molecule has 4 saturated heterocycles. The number of rotatable bonds is 8. The van der Waals surface area contributed by atoms with Crippen molar-refractivity contribution in [2.45, 2.75) is 102 Å². The molecule has 4 aliphatic rings. The number of pyridine rings is 1. The Morgan fingerprint density at radius 1 is 1.03 bits per heavy atom. The van der Waals surface area contributed by atoms with Crippen LogP contribution in [0.25, 0.3) is 38.4 Å². The van der Waals surface area contributed by atoms with Crippen LogP contribution in [0, 0.1) is 23.1 Å². The maximum atomic E-state index is 18.2. The van der Waals surface area contributed by atoms with E-state index in [1.54, 1.807) is 28.8 Å². The van der Waals surface area contributed by atoms with E-state index in [0.29, 0.717) is 64.9 Å². The Balaban J connectivity index is 1.25. The average molecular weight is 856 g/mol.